The molecule has 0 saturated heterocycles. The lowest BCUT2D eigenvalue weighted by molar-refractivity contribution is 0.425. The van der Waals surface area contributed by atoms with Gasteiger partial charge in [0.15, 0.2) is 0 Å². The van der Waals surface area contributed by atoms with E-state index >= 15 is 0 Å². The van der Waals surface area contributed by atoms with Crippen molar-refractivity contribution in [3.05, 3.63) is 28.2 Å². The third-order valence-corrected chi connectivity index (χ3v) is 2.84. The summed E-state index contributed by atoms with van der Waals surface area (Å²) < 4.78 is 0.889. The molecule has 1 saturated carbocycles. The van der Waals surface area contributed by atoms with Crippen molar-refractivity contribution in [2.24, 2.45) is 0 Å². The molecule has 0 bridgehead atoms. The second-order valence-electron chi connectivity index (χ2n) is 3.42. The van der Waals surface area contributed by atoms with E-state index in [0.29, 0.717) is 11.4 Å². The molecule has 0 spiro atoms. The fraction of sp³-hybridized carbons (Fsp3) is 0.333. The molecule has 68 valence electrons. The minimum Gasteiger partial charge on any atom is -0.423 e. The van der Waals surface area contributed by atoms with E-state index in [-0.39, 0.29) is 0 Å². The summed E-state index contributed by atoms with van der Waals surface area (Å²) in [5.41, 5.74) is 1.72. The fourth-order valence-corrected chi connectivity index (χ4v) is 1.91. The minimum atomic E-state index is -1.35. The maximum Gasteiger partial charge on any atom is 0.488 e. The zero-order valence-corrected chi connectivity index (χ0v) is 8.66. The minimum absolute atomic E-state index is 0.546. The van der Waals surface area contributed by atoms with Crippen molar-refractivity contribution < 1.29 is 10.0 Å². The fourth-order valence-electron chi connectivity index (χ4n) is 1.54. The van der Waals surface area contributed by atoms with Gasteiger partial charge in [-0.1, -0.05) is 22.0 Å². The van der Waals surface area contributed by atoms with Gasteiger partial charge in [0, 0.05) is 4.47 Å². The van der Waals surface area contributed by atoms with E-state index in [1.54, 1.807) is 6.07 Å². The average Bonchev–Trinajstić information content (AvgIpc) is 2.87. The Bertz CT molecular complexity index is 323. The van der Waals surface area contributed by atoms with Crippen LogP contribution in [0.5, 0.6) is 0 Å². The molecule has 4 heteroatoms. The van der Waals surface area contributed by atoms with Gasteiger partial charge in [0.1, 0.15) is 0 Å². The normalized spacial score (nSPS) is 15.9. The van der Waals surface area contributed by atoms with Gasteiger partial charge in [0.25, 0.3) is 0 Å². The number of benzene rings is 1. The standard InChI is InChI=1S/C9H10BBrO2/c11-7-3-4-8(6-1-2-6)9(5-7)10(12)13/h3-6,12-13H,1-2H2. The molecular weight excluding hydrogens is 231 g/mol. The number of hydrogen-bond acceptors (Lipinski definition) is 2. The molecule has 1 aliphatic carbocycles. The van der Waals surface area contributed by atoms with Gasteiger partial charge in [-0.25, -0.2) is 0 Å². The van der Waals surface area contributed by atoms with Crippen LogP contribution in [0.2, 0.25) is 0 Å². The van der Waals surface area contributed by atoms with E-state index in [1.807, 2.05) is 12.1 Å². The third kappa shape index (κ3) is 1.95. The van der Waals surface area contributed by atoms with Crippen LogP contribution < -0.4 is 5.46 Å². The van der Waals surface area contributed by atoms with Crippen molar-refractivity contribution in [2.45, 2.75) is 18.8 Å². The monoisotopic (exact) mass is 240 g/mol. The first-order valence-corrected chi connectivity index (χ1v) is 5.13. The quantitative estimate of drug-likeness (QED) is 0.758. The molecule has 1 aromatic carbocycles. The second kappa shape index (κ2) is 3.44. The van der Waals surface area contributed by atoms with Crippen molar-refractivity contribution in [2.75, 3.05) is 0 Å². The molecule has 0 amide bonds. The van der Waals surface area contributed by atoms with Crippen LogP contribution in [-0.4, -0.2) is 17.2 Å². The van der Waals surface area contributed by atoms with E-state index in [9.17, 15) is 0 Å². The topological polar surface area (TPSA) is 40.5 Å². The Balaban J connectivity index is 2.41. The number of halogens is 1. The van der Waals surface area contributed by atoms with Crippen molar-refractivity contribution in [3.63, 3.8) is 0 Å². The first-order valence-electron chi connectivity index (χ1n) is 4.34. The van der Waals surface area contributed by atoms with Crippen LogP contribution in [0.25, 0.3) is 0 Å². The number of hydrogen-bond donors (Lipinski definition) is 2. The molecular formula is C9H10BBrO2. The van der Waals surface area contributed by atoms with Crippen LogP contribution in [0.4, 0.5) is 0 Å². The Kier molecular flexibility index (Phi) is 2.45. The highest BCUT2D eigenvalue weighted by molar-refractivity contribution is 9.10. The lowest BCUT2D eigenvalue weighted by Crippen LogP contribution is -2.32. The highest BCUT2D eigenvalue weighted by Crippen LogP contribution is 2.39. The summed E-state index contributed by atoms with van der Waals surface area (Å²) in [6.07, 6.45) is 2.34. The zero-order chi connectivity index (χ0) is 9.42. The Morgan fingerprint density at radius 2 is 2.00 bits per heavy atom. The SMILES string of the molecule is OB(O)c1cc(Br)ccc1C1CC1. The van der Waals surface area contributed by atoms with Gasteiger partial charge in [0.05, 0.1) is 0 Å². The van der Waals surface area contributed by atoms with E-state index in [0.717, 1.165) is 10.0 Å². The van der Waals surface area contributed by atoms with Gasteiger partial charge in [-0.15, -0.1) is 0 Å². The highest BCUT2D eigenvalue weighted by atomic mass is 79.9. The van der Waals surface area contributed by atoms with Gasteiger partial charge in [-0.05, 0) is 41.9 Å². The second-order valence-corrected chi connectivity index (χ2v) is 4.34. The summed E-state index contributed by atoms with van der Waals surface area (Å²) >= 11 is 3.31. The van der Waals surface area contributed by atoms with E-state index in [4.69, 9.17) is 10.0 Å². The molecule has 2 N–H and O–H groups in total. The third-order valence-electron chi connectivity index (χ3n) is 2.34. The van der Waals surface area contributed by atoms with Gasteiger partial charge in [-0.2, -0.15) is 0 Å². The largest absolute Gasteiger partial charge is 0.488 e. The smallest absolute Gasteiger partial charge is 0.423 e. The molecule has 0 heterocycles. The Morgan fingerprint density at radius 3 is 2.54 bits per heavy atom. The molecule has 2 nitrogen and oxygen atoms in total. The summed E-state index contributed by atoms with van der Waals surface area (Å²) in [6, 6.07) is 5.69. The zero-order valence-electron chi connectivity index (χ0n) is 7.07. The van der Waals surface area contributed by atoms with Crippen LogP contribution in [0.15, 0.2) is 22.7 Å². The molecule has 0 aliphatic heterocycles. The van der Waals surface area contributed by atoms with E-state index in [1.165, 1.54) is 12.8 Å². The summed E-state index contributed by atoms with van der Waals surface area (Å²) in [7, 11) is -1.35. The maximum absolute atomic E-state index is 9.14. The molecule has 0 radical (unpaired) electrons. The summed E-state index contributed by atoms with van der Waals surface area (Å²) in [5, 5.41) is 18.3. The maximum atomic E-state index is 9.14. The average molecular weight is 241 g/mol. The van der Waals surface area contributed by atoms with Crippen LogP contribution in [0.1, 0.15) is 24.3 Å². The van der Waals surface area contributed by atoms with Crippen molar-refractivity contribution in [1.29, 1.82) is 0 Å². The first-order chi connectivity index (χ1) is 6.18. The van der Waals surface area contributed by atoms with Crippen LogP contribution >= 0.6 is 15.9 Å². The van der Waals surface area contributed by atoms with Crippen molar-refractivity contribution in [3.8, 4) is 0 Å². The van der Waals surface area contributed by atoms with E-state index < -0.39 is 7.12 Å². The molecule has 1 aliphatic rings. The molecule has 0 atom stereocenters. The predicted octanol–water partition coefficient (Wildman–Crippen LogP) is 1.01. The molecule has 1 aromatic rings. The summed E-state index contributed by atoms with van der Waals surface area (Å²) in [6.45, 7) is 0. The van der Waals surface area contributed by atoms with Gasteiger partial charge < -0.3 is 10.0 Å². The Labute approximate surface area is 85.9 Å². The molecule has 0 unspecified atom stereocenters. The first kappa shape index (κ1) is 9.25. The summed E-state index contributed by atoms with van der Waals surface area (Å²) in [4.78, 5) is 0. The molecule has 1 fully saturated rings. The van der Waals surface area contributed by atoms with Crippen LogP contribution in [0, 0.1) is 0 Å². The molecule has 13 heavy (non-hydrogen) atoms. The van der Waals surface area contributed by atoms with E-state index in [2.05, 4.69) is 15.9 Å². The Morgan fingerprint density at radius 1 is 1.31 bits per heavy atom. The molecule has 0 aromatic heterocycles. The lowest BCUT2D eigenvalue weighted by Gasteiger charge is -2.07. The van der Waals surface area contributed by atoms with Crippen molar-refractivity contribution in [1.82, 2.24) is 0 Å². The van der Waals surface area contributed by atoms with Crippen molar-refractivity contribution >= 4 is 28.5 Å². The van der Waals surface area contributed by atoms with Gasteiger partial charge in [-0.3, -0.25) is 0 Å². The molecule has 2 rings (SSSR count). The predicted molar refractivity (Wildman–Crippen MR) is 55.9 cm³/mol. The highest BCUT2D eigenvalue weighted by Gasteiger charge is 2.29. The summed E-state index contributed by atoms with van der Waals surface area (Å²) in [5.74, 6) is 0.546. The van der Waals surface area contributed by atoms with Gasteiger partial charge in [0.2, 0.25) is 0 Å². The lowest BCUT2D eigenvalue weighted by atomic mass is 9.76. The van der Waals surface area contributed by atoms with Gasteiger partial charge >= 0.3 is 7.12 Å². The van der Waals surface area contributed by atoms with Crippen LogP contribution in [0.3, 0.4) is 0 Å². The number of rotatable bonds is 2. The van der Waals surface area contributed by atoms with Crippen LogP contribution in [-0.2, 0) is 0 Å². The Hall–Kier alpha value is -0.315.